The second-order valence-electron chi connectivity index (χ2n) is 4.85. The van der Waals surface area contributed by atoms with Gasteiger partial charge in [-0.3, -0.25) is 0 Å². The highest BCUT2D eigenvalue weighted by molar-refractivity contribution is 5.63. The Balaban J connectivity index is 2.29. The van der Waals surface area contributed by atoms with Crippen molar-refractivity contribution in [2.75, 3.05) is 5.73 Å². The summed E-state index contributed by atoms with van der Waals surface area (Å²) in [5, 5.41) is 0. The summed E-state index contributed by atoms with van der Waals surface area (Å²) >= 11 is 0. The van der Waals surface area contributed by atoms with Gasteiger partial charge < -0.3 is 15.2 Å². The van der Waals surface area contributed by atoms with Gasteiger partial charge in [-0.05, 0) is 56.7 Å². The Bertz CT molecular complexity index is 611. The Hall–Kier alpha value is -2.23. The third-order valence-corrected chi connectivity index (χ3v) is 2.75. The van der Waals surface area contributed by atoms with Crippen molar-refractivity contribution < 1.29 is 13.9 Å². The van der Waals surface area contributed by atoms with Crippen molar-refractivity contribution in [1.29, 1.82) is 0 Å². The van der Waals surface area contributed by atoms with Gasteiger partial charge in [0.05, 0.1) is 6.10 Å². The molecule has 0 bridgehead atoms. The maximum Gasteiger partial charge on any atom is 0.154 e. The molecule has 0 spiro atoms. The second-order valence-corrected chi connectivity index (χ2v) is 4.85. The van der Waals surface area contributed by atoms with Crippen LogP contribution in [0, 0.1) is 12.7 Å². The lowest BCUT2D eigenvalue weighted by Gasteiger charge is -2.15. The Morgan fingerprint density at radius 3 is 2.40 bits per heavy atom. The Morgan fingerprint density at radius 1 is 1.05 bits per heavy atom. The number of para-hydroxylation sites is 1. The largest absolute Gasteiger partial charge is 0.489 e. The molecule has 0 radical (unpaired) electrons. The van der Waals surface area contributed by atoms with Crippen molar-refractivity contribution in [3.63, 3.8) is 0 Å². The summed E-state index contributed by atoms with van der Waals surface area (Å²) in [7, 11) is 0. The number of hydrogen-bond donors (Lipinski definition) is 1. The molecule has 3 nitrogen and oxygen atoms in total. The fraction of sp³-hybridized carbons (Fsp3) is 0.250. The summed E-state index contributed by atoms with van der Waals surface area (Å²) in [5.74, 6) is 1.36. The number of ether oxygens (including phenoxy) is 2. The van der Waals surface area contributed by atoms with Crippen LogP contribution in [0.5, 0.6) is 17.2 Å². The van der Waals surface area contributed by atoms with Crippen LogP contribution in [-0.2, 0) is 0 Å². The highest BCUT2D eigenvalue weighted by Gasteiger charge is 2.11. The smallest absolute Gasteiger partial charge is 0.154 e. The number of nitrogens with two attached hydrogens (primary N) is 1. The van der Waals surface area contributed by atoms with Gasteiger partial charge >= 0.3 is 0 Å². The molecule has 0 aliphatic carbocycles. The summed E-state index contributed by atoms with van der Waals surface area (Å²) < 4.78 is 24.4. The van der Waals surface area contributed by atoms with E-state index in [9.17, 15) is 4.39 Å². The van der Waals surface area contributed by atoms with Crippen LogP contribution >= 0.6 is 0 Å². The molecular weight excluding hydrogens is 257 g/mol. The summed E-state index contributed by atoms with van der Waals surface area (Å²) in [6.45, 7) is 5.64. The molecule has 0 aliphatic rings. The van der Waals surface area contributed by atoms with E-state index in [2.05, 4.69) is 0 Å². The van der Waals surface area contributed by atoms with Gasteiger partial charge in [0.15, 0.2) is 5.75 Å². The van der Waals surface area contributed by atoms with Crippen molar-refractivity contribution >= 4 is 5.69 Å². The van der Waals surface area contributed by atoms with Gasteiger partial charge in [-0.1, -0.05) is 6.07 Å². The number of benzene rings is 2. The van der Waals surface area contributed by atoms with Crippen LogP contribution in [-0.4, -0.2) is 6.10 Å². The van der Waals surface area contributed by atoms with Gasteiger partial charge in [0.25, 0.3) is 0 Å². The lowest BCUT2D eigenvalue weighted by Crippen LogP contribution is -2.07. The molecule has 2 aromatic carbocycles. The highest BCUT2D eigenvalue weighted by Crippen LogP contribution is 2.36. The quantitative estimate of drug-likeness (QED) is 0.846. The molecule has 0 fully saturated rings. The van der Waals surface area contributed by atoms with E-state index in [-0.39, 0.29) is 11.9 Å². The normalized spacial score (nSPS) is 10.7. The molecule has 0 saturated heterocycles. The Morgan fingerprint density at radius 2 is 1.75 bits per heavy atom. The minimum absolute atomic E-state index is 0.0279. The van der Waals surface area contributed by atoms with Crippen molar-refractivity contribution in [2.24, 2.45) is 0 Å². The van der Waals surface area contributed by atoms with Crippen LogP contribution in [0.25, 0.3) is 0 Å². The minimum atomic E-state index is -0.292. The predicted octanol–water partition coefficient (Wildman–Crippen LogP) is 4.30. The maximum atomic E-state index is 13.1. The summed E-state index contributed by atoms with van der Waals surface area (Å²) in [6, 6.07) is 9.71. The Kier molecular flexibility index (Phi) is 4.13. The Labute approximate surface area is 118 Å². The fourth-order valence-electron chi connectivity index (χ4n) is 1.82. The minimum Gasteiger partial charge on any atom is -0.489 e. The van der Waals surface area contributed by atoms with Crippen molar-refractivity contribution in [3.05, 3.63) is 47.8 Å². The SMILES string of the molecule is Cc1cc(F)ccc1Oc1cccc(OC(C)C)c1N. The molecule has 20 heavy (non-hydrogen) atoms. The van der Waals surface area contributed by atoms with E-state index < -0.39 is 0 Å². The van der Waals surface area contributed by atoms with Crippen molar-refractivity contribution in [3.8, 4) is 17.2 Å². The first-order chi connectivity index (χ1) is 9.47. The number of halogens is 1. The monoisotopic (exact) mass is 275 g/mol. The average molecular weight is 275 g/mol. The molecule has 0 aliphatic heterocycles. The molecule has 0 saturated carbocycles. The molecule has 0 aromatic heterocycles. The highest BCUT2D eigenvalue weighted by atomic mass is 19.1. The second kappa shape index (κ2) is 5.82. The summed E-state index contributed by atoms with van der Waals surface area (Å²) in [6.07, 6.45) is 0.0279. The van der Waals surface area contributed by atoms with Gasteiger partial charge in [-0.2, -0.15) is 0 Å². The summed E-state index contributed by atoms with van der Waals surface area (Å²) in [4.78, 5) is 0. The molecule has 0 atom stereocenters. The number of aryl methyl sites for hydroxylation is 1. The van der Waals surface area contributed by atoms with E-state index in [4.69, 9.17) is 15.2 Å². The van der Waals surface area contributed by atoms with Crippen molar-refractivity contribution in [1.82, 2.24) is 0 Å². The first kappa shape index (κ1) is 14.2. The van der Waals surface area contributed by atoms with Crippen molar-refractivity contribution in [2.45, 2.75) is 26.9 Å². The van der Waals surface area contributed by atoms with E-state index in [1.54, 1.807) is 25.1 Å². The zero-order valence-electron chi connectivity index (χ0n) is 11.8. The zero-order chi connectivity index (χ0) is 14.7. The number of rotatable bonds is 4. The van der Waals surface area contributed by atoms with E-state index in [0.29, 0.717) is 28.5 Å². The van der Waals surface area contributed by atoms with Crippen LogP contribution in [0.15, 0.2) is 36.4 Å². The van der Waals surface area contributed by atoms with Crippen LogP contribution in [0.4, 0.5) is 10.1 Å². The standard InChI is InChI=1S/C16H18FNO2/c1-10(2)19-14-5-4-6-15(16(14)18)20-13-8-7-12(17)9-11(13)3/h4-10H,18H2,1-3H3. The first-order valence-electron chi connectivity index (χ1n) is 6.46. The molecule has 4 heteroatoms. The molecule has 0 unspecified atom stereocenters. The van der Waals surface area contributed by atoms with E-state index in [1.807, 2.05) is 19.9 Å². The van der Waals surface area contributed by atoms with E-state index >= 15 is 0 Å². The fourth-order valence-corrected chi connectivity index (χ4v) is 1.82. The number of hydrogen-bond acceptors (Lipinski definition) is 3. The van der Waals surface area contributed by atoms with Crippen LogP contribution < -0.4 is 15.2 Å². The lowest BCUT2D eigenvalue weighted by molar-refractivity contribution is 0.243. The van der Waals surface area contributed by atoms with Gasteiger partial charge in [0, 0.05) is 0 Å². The zero-order valence-corrected chi connectivity index (χ0v) is 11.8. The van der Waals surface area contributed by atoms with Gasteiger partial charge in [0.2, 0.25) is 0 Å². The molecule has 0 heterocycles. The van der Waals surface area contributed by atoms with Gasteiger partial charge in [0.1, 0.15) is 23.0 Å². The summed E-state index contributed by atoms with van der Waals surface area (Å²) in [5.41, 5.74) is 7.18. The number of nitrogen functional groups attached to an aromatic ring is 1. The lowest BCUT2D eigenvalue weighted by atomic mass is 10.2. The predicted molar refractivity (Wildman–Crippen MR) is 77.8 cm³/mol. The van der Waals surface area contributed by atoms with Gasteiger partial charge in [-0.25, -0.2) is 4.39 Å². The molecular formula is C16H18FNO2. The topological polar surface area (TPSA) is 44.5 Å². The third kappa shape index (κ3) is 3.20. The van der Waals surface area contributed by atoms with Crippen LogP contribution in [0.2, 0.25) is 0 Å². The van der Waals surface area contributed by atoms with Crippen LogP contribution in [0.1, 0.15) is 19.4 Å². The first-order valence-corrected chi connectivity index (χ1v) is 6.46. The average Bonchev–Trinajstić information content (AvgIpc) is 2.36. The molecule has 2 aromatic rings. The molecule has 2 rings (SSSR count). The third-order valence-electron chi connectivity index (χ3n) is 2.75. The molecule has 106 valence electrons. The molecule has 2 N–H and O–H groups in total. The van der Waals surface area contributed by atoms with E-state index in [0.717, 1.165) is 0 Å². The molecule has 0 amide bonds. The van der Waals surface area contributed by atoms with E-state index in [1.165, 1.54) is 12.1 Å². The maximum absolute atomic E-state index is 13.1. The van der Waals surface area contributed by atoms with Gasteiger partial charge in [-0.15, -0.1) is 0 Å². The van der Waals surface area contributed by atoms with Crippen LogP contribution in [0.3, 0.4) is 0 Å². The number of anilines is 1.